The summed E-state index contributed by atoms with van der Waals surface area (Å²) in [7, 11) is -3.63. The van der Waals surface area contributed by atoms with Gasteiger partial charge in [-0.2, -0.15) is 9.40 Å². The van der Waals surface area contributed by atoms with Crippen molar-refractivity contribution in [1.29, 1.82) is 0 Å². The SMILES string of the molecule is Cc1ccc(S(=O)(=O)N2Cc3[nH]nc(NC(=O)/C=C/c4cccnc4)c3C2)cc1. The number of amides is 1. The Hall–Kier alpha value is -3.30. The first-order valence-corrected chi connectivity index (χ1v) is 10.4. The lowest BCUT2D eigenvalue weighted by Gasteiger charge is -2.16. The first-order chi connectivity index (χ1) is 13.9. The van der Waals surface area contributed by atoms with Gasteiger partial charge in [0.05, 0.1) is 17.1 Å². The third kappa shape index (κ3) is 3.96. The van der Waals surface area contributed by atoms with E-state index in [4.69, 9.17) is 0 Å². The molecule has 8 nitrogen and oxygen atoms in total. The van der Waals surface area contributed by atoms with Crippen molar-refractivity contribution in [2.24, 2.45) is 0 Å². The number of hydrogen-bond acceptors (Lipinski definition) is 5. The van der Waals surface area contributed by atoms with Crippen molar-refractivity contribution in [2.45, 2.75) is 24.9 Å². The van der Waals surface area contributed by atoms with Crippen molar-refractivity contribution < 1.29 is 13.2 Å². The van der Waals surface area contributed by atoms with Crippen LogP contribution in [0.4, 0.5) is 5.82 Å². The molecule has 148 valence electrons. The summed E-state index contributed by atoms with van der Waals surface area (Å²) in [4.78, 5) is 16.4. The summed E-state index contributed by atoms with van der Waals surface area (Å²) in [6.45, 7) is 2.23. The summed E-state index contributed by atoms with van der Waals surface area (Å²) in [6.07, 6.45) is 6.32. The van der Waals surface area contributed by atoms with Gasteiger partial charge in [0.1, 0.15) is 0 Å². The van der Waals surface area contributed by atoms with Crippen molar-refractivity contribution >= 4 is 27.8 Å². The van der Waals surface area contributed by atoms with Crippen molar-refractivity contribution in [3.8, 4) is 0 Å². The quantitative estimate of drug-likeness (QED) is 0.630. The van der Waals surface area contributed by atoms with Crippen LogP contribution in [-0.4, -0.2) is 33.8 Å². The minimum Gasteiger partial charge on any atom is -0.305 e. The van der Waals surface area contributed by atoms with Gasteiger partial charge < -0.3 is 5.32 Å². The number of carbonyl (C=O) groups is 1. The molecule has 0 unspecified atom stereocenters. The number of aryl methyl sites for hydroxylation is 1. The molecule has 3 heterocycles. The van der Waals surface area contributed by atoms with Crippen LogP contribution in [0.2, 0.25) is 0 Å². The van der Waals surface area contributed by atoms with E-state index in [0.717, 1.165) is 11.1 Å². The van der Waals surface area contributed by atoms with E-state index in [1.807, 2.05) is 13.0 Å². The molecule has 1 amide bonds. The lowest BCUT2D eigenvalue weighted by atomic mass is 10.2. The van der Waals surface area contributed by atoms with E-state index in [1.165, 1.54) is 10.4 Å². The van der Waals surface area contributed by atoms with E-state index in [0.29, 0.717) is 17.1 Å². The summed E-state index contributed by atoms with van der Waals surface area (Å²) >= 11 is 0. The van der Waals surface area contributed by atoms with E-state index >= 15 is 0 Å². The molecule has 2 N–H and O–H groups in total. The summed E-state index contributed by atoms with van der Waals surface area (Å²) in [6, 6.07) is 10.3. The van der Waals surface area contributed by atoms with Crippen LogP contribution in [0.15, 0.2) is 59.8 Å². The van der Waals surface area contributed by atoms with E-state index in [9.17, 15) is 13.2 Å². The number of aromatic nitrogens is 3. The maximum atomic E-state index is 12.9. The minimum absolute atomic E-state index is 0.143. The Morgan fingerprint density at radius 1 is 1.21 bits per heavy atom. The standard InChI is InChI=1S/C20H19N5O3S/c1-14-4-7-16(8-5-14)29(27,28)25-12-17-18(13-25)23-24-20(17)22-19(26)9-6-15-3-2-10-21-11-15/h2-11H,12-13H2,1H3,(H2,22,23,24,26)/b9-6+. The van der Waals surface area contributed by atoms with Gasteiger partial charge in [0.2, 0.25) is 15.9 Å². The lowest BCUT2D eigenvalue weighted by molar-refractivity contribution is -0.111. The maximum absolute atomic E-state index is 12.9. The predicted molar refractivity (Wildman–Crippen MR) is 108 cm³/mol. The molecule has 4 rings (SSSR count). The summed E-state index contributed by atoms with van der Waals surface area (Å²) in [5, 5.41) is 9.63. The number of hydrogen-bond donors (Lipinski definition) is 2. The number of nitrogens with one attached hydrogen (secondary N) is 2. The zero-order valence-electron chi connectivity index (χ0n) is 15.7. The van der Waals surface area contributed by atoms with Crippen LogP contribution in [0.5, 0.6) is 0 Å². The number of rotatable bonds is 5. The topological polar surface area (TPSA) is 108 Å². The van der Waals surface area contributed by atoms with E-state index in [-0.39, 0.29) is 23.9 Å². The Bertz CT molecular complexity index is 1170. The Morgan fingerprint density at radius 3 is 2.72 bits per heavy atom. The second kappa shape index (κ2) is 7.61. The fourth-order valence-corrected chi connectivity index (χ4v) is 4.42. The van der Waals surface area contributed by atoms with Crippen molar-refractivity contribution in [3.05, 3.63) is 77.3 Å². The zero-order chi connectivity index (χ0) is 20.4. The van der Waals surface area contributed by atoms with E-state index < -0.39 is 10.0 Å². The van der Waals surface area contributed by atoms with Gasteiger partial charge in [0.15, 0.2) is 5.82 Å². The molecule has 9 heteroatoms. The van der Waals surface area contributed by atoms with Crippen molar-refractivity contribution in [2.75, 3.05) is 5.32 Å². The summed E-state index contributed by atoms with van der Waals surface area (Å²) in [5.41, 5.74) is 3.13. The minimum atomic E-state index is -3.63. The highest BCUT2D eigenvalue weighted by atomic mass is 32.2. The van der Waals surface area contributed by atoms with Crippen LogP contribution in [0, 0.1) is 6.92 Å². The molecule has 0 atom stereocenters. The molecule has 3 aromatic rings. The van der Waals surface area contributed by atoms with Crippen LogP contribution < -0.4 is 5.32 Å². The van der Waals surface area contributed by atoms with Gasteiger partial charge >= 0.3 is 0 Å². The fraction of sp³-hybridized carbons (Fsp3) is 0.150. The lowest BCUT2D eigenvalue weighted by Crippen LogP contribution is -2.26. The fourth-order valence-electron chi connectivity index (χ4n) is 3.05. The predicted octanol–water partition coefficient (Wildman–Crippen LogP) is 2.47. The highest BCUT2D eigenvalue weighted by Crippen LogP contribution is 2.31. The number of carbonyl (C=O) groups excluding carboxylic acids is 1. The Kier molecular flexibility index (Phi) is 4.99. The molecule has 0 saturated heterocycles. The van der Waals surface area contributed by atoms with Gasteiger partial charge in [-0.15, -0.1) is 0 Å². The third-order valence-electron chi connectivity index (χ3n) is 4.63. The smallest absolute Gasteiger partial charge is 0.249 e. The normalized spacial score (nSPS) is 14.2. The average Bonchev–Trinajstić information content (AvgIpc) is 3.30. The molecule has 0 bridgehead atoms. The van der Waals surface area contributed by atoms with Gasteiger partial charge in [-0.1, -0.05) is 23.8 Å². The molecular weight excluding hydrogens is 390 g/mol. The molecule has 0 aliphatic carbocycles. The Labute approximate surface area is 168 Å². The number of aromatic amines is 1. The third-order valence-corrected chi connectivity index (χ3v) is 6.44. The van der Waals surface area contributed by atoms with E-state index in [2.05, 4.69) is 20.5 Å². The number of benzene rings is 1. The number of nitrogens with zero attached hydrogens (tertiary/aromatic N) is 3. The number of sulfonamides is 1. The van der Waals surface area contributed by atoms with Crippen molar-refractivity contribution in [1.82, 2.24) is 19.5 Å². The maximum Gasteiger partial charge on any atom is 0.249 e. The number of fused-ring (bicyclic) bond motifs is 1. The Morgan fingerprint density at radius 2 is 2.00 bits per heavy atom. The monoisotopic (exact) mass is 409 g/mol. The Balaban J connectivity index is 1.47. The van der Waals surface area contributed by atoms with Crippen LogP contribution >= 0.6 is 0 Å². The zero-order valence-corrected chi connectivity index (χ0v) is 16.5. The van der Waals surface area contributed by atoms with Gasteiger partial charge in [-0.05, 0) is 36.8 Å². The first-order valence-electron chi connectivity index (χ1n) is 8.95. The molecule has 2 aromatic heterocycles. The van der Waals surface area contributed by atoms with Gasteiger partial charge in [0.25, 0.3) is 0 Å². The van der Waals surface area contributed by atoms with Gasteiger partial charge in [-0.25, -0.2) is 8.42 Å². The number of H-pyrrole nitrogens is 1. The highest BCUT2D eigenvalue weighted by molar-refractivity contribution is 7.89. The molecule has 0 spiro atoms. The van der Waals surface area contributed by atoms with Crippen molar-refractivity contribution in [3.63, 3.8) is 0 Å². The number of pyridine rings is 1. The van der Waals surface area contributed by atoms with E-state index in [1.54, 1.807) is 48.8 Å². The van der Waals surface area contributed by atoms with Gasteiger partial charge in [0, 0.05) is 30.6 Å². The molecule has 1 aliphatic rings. The summed E-state index contributed by atoms with van der Waals surface area (Å²) < 4.78 is 27.1. The van der Waals surface area contributed by atoms with Crippen LogP contribution in [0.3, 0.4) is 0 Å². The second-order valence-corrected chi connectivity index (χ2v) is 8.66. The molecule has 29 heavy (non-hydrogen) atoms. The molecule has 1 aromatic carbocycles. The van der Waals surface area contributed by atoms with Crippen LogP contribution in [-0.2, 0) is 27.9 Å². The molecule has 1 aliphatic heterocycles. The molecular formula is C20H19N5O3S. The molecule has 0 radical (unpaired) electrons. The number of anilines is 1. The molecule has 0 fully saturated rings. The average molecular weight is 409 g/mol. The first kappa shape index (κ1) is 19.0. The van der Waals surface area contributed by atoms with Crippen LogP contribution in [0.25, 0.3) is 6.08 Å². The largest absolute Gasteiger partial charge is 0.305 e. The van der Waals surface area contributed by atoms with Crippen LogP contribution in [0.1, 0.15) is 22.4 Å². The highest BCUT2D eigenvalue weighted by Gasteiger charge is 2.34. The summed E-state index contributed by atoms with van der Waals surface area (Å²) in [5.74, 6) is -0.0227. The molecule has 0 saturated carbocycles. The van der Waals surface area contributed by atoms with Gasteiger partial charge in [-0.3, -0.25) is 14.9 Å². The second-order valence-electron chi connectivity index (χ2n) is 6.72.